The Morgan fingerprint density at radius 1 is 1.19 bits per heavy atom. The normalized spacial score (nSPS) is 17.2. The highest BCUT2D eigenvalue weighted by atomic mass is 35.5. The van der Waals surface area contributed by atoms with E-state index in [0.717, 1.165) is 23.6 Å². The summed E-state index contributed by atoms with van der Waals surface area (Å²) in [6, 6.07) is 9.44. The van der Waals surface area contributed by atoms with Gasteiger partial charge in [0.2, 0.25) is 0 Å². The first-order chi connectivity index (χ1) is 16.9. The van der Waals surface area contributed by atoms with Gasteiger partial charge in [-0.05, 0) is 56.5 Å². The Bertz CT molecular complexity index is 1050. The zero-order chi connectivity index (χ0) is 26.5. The Morgan fingerprint density at radius 3 is 2.61 bits per heavy atom. The fraction of sp³-hybridized carbons (Fsp3) is 0.519. The van der Waals surface area contributed by atoms with Gasteiger partial charge in [-0.1, -0.05) is 36.7 Å². The second kappa shape index (κ2) is 11.8. The van der Waals surface area contributed by atoms with Gasteiger partial charge in [-0.15, -0.1) is 0 Å². The van der Waals surface area contributed by atoms with Crippen LogP contribution < -0.4 is 4.74 Å². The van der Waals surface area contributed by atoms with Crippen LogP contribution in [0.15, 0.2) is 36.4 Å². The summed E-state index contributed by atoms with van der Waals surface area (Å²) in [5.74, 6) is -0.238. The fourth-order valence-corrected chi connectivity index (χ4v) is 4.39. The van der Waals surface area contributed by atoms with Gasteiger partial charge in [-0.25, -0.2) is 0 Å². The van der Waals surface area contributed by atoms with Crippen LogP contribution in [0.25, 0.3) is 0 Å². The second-order valence-corrected chi connectivity index (χ2v) is 10.2. The molecule has 198 valence electrons. The number of halogens is 4. The zero-order valence-electron chi connectivity index (χ0n) is 21.1. The van der Waals surface area contributed by atoms with E-state index in [2.05, 4.69) is 0 Å². The molecule has 3 rings (SSSR count). The topological polar surface area (TPSA) is 48.0 Å². The minimum absolute atomic E-state index is 0.0452. The maximum atomic E-state index is 14.0. The van der Waals surface area contributed by atoms with E-state index in [0.29, 0.717) is 18.1 Å². The van der Waals surface area contributed by atoms with E-state index in [1.807, 2.05) is 24.0 Å². The average molecular weight is 528 g/mol. The van der Waals surface area contributed by atoms with Gasteiger partial charge in [0, 0.05) is 30.2 Å². The molecule has 1 fully saturated rings. The number of hydrogen-bond donors (Lipinski definition) is 0. The molecule has 0 saturated carbocycles. The molecule has 5 nitrogen and oxygen atoms in total. The SMILES string of the molecule is CCc1cccc(Cl)c1COc1ccc(C2CN(CCC(=O)OC(C)(C)C)CCO2)c(C(F)(F)F)c1. The highest BCUT2D eigenvalue weighted by Crippen LogP contribution is 2.39. The van der Waals surface area contributed by atoms with Crippen molar-refractivity contribution >= 4 is 17.6 Å². The lowest BCUT2D eigenvalue weighted by molar-refractivity contribution is -0.155. The van der Waals surface area contributed by atoms with Crippen LogP contribution in [0, 0.1) is 0 Å². The van der Waals surface area contributed by atoms with Gasteiger partial charge in [0.15, 0.2) is 0 Å². The number of benzene rings is 2. The number of esters is 1. The Labute approximate surface area is 215 Å². The van der Waals surface area contributed by atoms with Gasteiger partial charge in [0.05, 0.1) is 24.7 Å². The molecule has 1 unspecified atom stereocenters. The van der Waals surface area contributed by atoms with Crippen LogP contribution >= 0.6 is 11.6 Å². The highest BCUT2D eigenvalue weighted by molar-refractivity contribution is 6.31. The average Bonchev–Trinajstić information content (AvgIpc) is 2.80. The van der Waals surface area contributed by atoms with Crippen LogP contribution in [0.3, 0.4) is 0 Å². The molecule has 0 N–H and O–H groups in total. The summed E-state index contributed by atoms with van der Waals surface area (Å²) in [5.41, 5.74) is 0.408. The lowest BCUT2D eigenvalue weighted by Gasteiger charge is -2.34. The molecule has 9 heteroatoms. The first kappa shape index (κ1) is 28.3. The van der Waals surface area contributed by atoms with Crippen LogP contribution in [-0.4, -0.2) is 42.7 Å². The largest absolute Gasteiger partial charge is 0.489 e. The number of alkyl halides is 3. The molecule has 0 amide bonds. The maximum absolute atomic E-state index is 14.0. The van der Waals surface area contributed by atoms with E-state index in [-0.39, 0.29) is 43.5 Å². The standard InChI is InChI=1S/C27H33ClF3NO4/c1-5-18-7-6-8-23(28)21(18)17-35-19-9-10-20(22(15-19)27(29,30)31)24-16-32(13-14-34-24)12-11-25(33)36-26(2,3)4/h6-10,15,24H,5,11-14,16-17H2,1-4H3. The molecule has 2 aromatic rings. The number of hydrogen-bond acceptors (Lipinski definition) is 5. The van der Waals surface area contributed by atoms with Crippen molar-refractivity contribution in [2.75, 3.05) is 26.2 Å². The molecule has 2 aromatic carbocycles. The lowest BCUT2D eigenvalue weighted by Crippen LogP contribution is -2.40. The molecule has 1 aliphatic heterocycles. The van der Waals surface area contributed by atoms with E-state index in [4.69, 9.17) is 25.8 Å². The van der Waals surface area contributed by atoms with E-state index < -0.39 is 23.4 Å². The highest BCUT2D eigenvalue weighted by Gasteiger charge is 2.37. The van der Waals surface area contributed by atoms with E-state index in [1.165, 1.54) is 12.1 Å². The van der Waals surface area contributed by atoms with Crippen LogP contribution in [0.4, 0.5) is 13.2 Å². The van der Waals surface area contributed by atoms with Gasteiger partial charge in [0.1, 0.15) is 18.0 Å². The first-order valence-corrected chi connectivity index (χ1v) is 12.4. The van der Waals surface area contributed by atoms with Crippen LogP contribution in [0.5, 0.6) is 5.75 Å². The Morgan fingerprint density at radius 2 is 1.94 bits per heavy atom. The van der Waals surface area contributed by atoms with Gasteiger partial charge in [-0.2, -0.15) is 13.2 Å². The predicted octanol–water partition coefficient (Wildman–Crippen LogP) is 6.61. The maximum Gasteiger partial charge on any atom is 0.416 e. The minimum atomic E-state index is -4.59. The molecule has 0 radical (unpaired) electrons. The van der Waals surface area contributed by atoms with Gasteiger partial charge in [0.25, 0.3) is 0 Å². The number of ether oxygens (including phenoxy) is 3. The van der Waals surface area contributed by atoms with Crippen molar-refractivity contribution in [2.24, 2.45) is 0 Å². The Kier molecular flexibility index (Phi) is 9.30. The van der Waals surface area contributed by atoms with Gasteiger partial charge < -0.3 is 14.2 Å². The molecule has 0 aromatic heterocycles. The zero-order valence-corrected chi connectivity index (χ0v) is 21.8. The minimum Gasteiger partial charge on any atom is -0.489 e. The van der Waals surface area contributed by atoms with Crippen molar-refractivity contribution in [3.63, 3.8) is 0 Å². The monoisotopic (exact) mass is 527 g/mol. The third kappa shape index (κ3) is 7.85. The van der Waals surface area contributed by atoms with Crippen molar-refractivity contribution in [1.29, 1.82) is 0 Å². The molecular formula is C27H33ClF3NO4. The Balaban J connectivity index is 1.73. The molecular weight excluding hydrogens is 495 g/mol. The van der Waals surface area contributed by atoms with Crippen molar-refractivity contribution in [2.45, 2.75) is 65.0 Å². The molecule has 0 spiro atoms. The molecule has 1 aliphatic rings. The summed E-state index contributed by atoms with van der Waals surface area (Å²) in [5, 5.41) is 0.518. The predicted molar refractivity (Wildman–Crippen MR) is 132 cm³/mol. The summed E-state index contributed by atoms with van der Waals surface area (Å²) in [6.45, 7) is 8.84. The quantitative estimate of drug-likeness (QED) is 0.362. The molecule has 1 atom stereocenters. The summed E-state index contributed by atoms with van der Waals surface area (Å²) in [7, 11) is 0. The molecule has 0 bridgehead atoms. The third-order valence-corrected chi connectivity index (χ3v) is 6.21. The molecule has 1 saturated heterocycles. The summed E-state index contributed by atoms with van der Waals surface area (Å²) in [4.78, 5) is 14.0. The van der Waals surface area contributed by atoms with E-state index in [1.54, 1.807) is 26.8 Å². The molecule has 0 aliphatic carbocycles. The Hall–Kier alpha value is -2.29. The van der Waals surface area contributed by atoms with Gasteiger partial charge >= 0.3 is 12.1 Å². The number of rotatable bonds is 8. The number of carbonyl (C=O) groups is 1. The number of aryl methyl sites for hydroxylation is 1. The van der Waals surface area contributed by atoms with Crippen molar-refractivity contribution < 1.29 is 32.2 Å². The van der Waals surface area contributed by atoms with E-state index in [9.17, 15) is 18.0 Å². The number of morpholine rings is 1. The lowest BCUT2D eigenvalue weighted by atomic mass is 10.00. The smallest absolute Gasteiger partial charge is 0.416 e. The van der Waals surface area contributed by atoms with Crippen LogP contribution in [0.1, 0.15) is 62.5 Å². The van der Waals surface area contributed by atoms with Gasteiger partial charge in [-0.3, -0.25) is 9.69 Å². The summed E-state index contributed by atoms with van der Waals surface area (Å²) >= 11 is 6.29. The van der Waals surface area contributed by atoms with Crippen LogP contribution in [-0.2, 0) is 33.5 Å². The third-order valence-electron chi connectivity index (χ3n) is 5.86. The summed E-state index contributed by atoms with van der Waals surface area (Å²) < 4.78 is 58.9. The fourth-order valence-electron chi connectivity index (χ4n) is 4.14. The molecule has 1 heterocycles. The summed E-state index contributed by atoms with van der Waals surface area (Å²) in [6.07, 6.45) is -4.48. The van der Waals surface area contributed by atoms with E-state index >= 15 is 0 Å². The number of nitrogens with zero attached hydrogens (tertiary/aromatic N) is 1. The number of carbonyl (C=O) groups excluding carboxylic acids is 1. The first-order valence-electron chi connectivity index (χ1n) is 12.0. The van der Waals surface area contributed by atoms with Crippen molar-refractivity contribution in [3.8, 4) is 5.75 Å². The second-order valence-electron chi connectivity index (χ2n) is 9.76. The molecule has 36 heavy (non-hydrogen) atoms. The van der Waals surface area contributed by atoms with Crippen LogP contribution in [0.2, 0.25) is 5.02 Å². The van der Waals surface area contributed by atoms with Crippen molar-refractivity contribution in [1.82, 2.24) is 4.90 Å². The van der Waals surface area contributed by atoms with Crippen molar-refractivity contribution in [3.05, 3.63) is 63.7 Å².